The van der Waals surface area contributed by atoms with Crippen LogP contribution < -0.4 is 5.32 Å². The van der Waals surface area contributed by atoms with Crippen LogP contribution in [0.2, 0.25) is 0 Å². The molecule has 1 unspecified atom stereocenters. The lowest BCUT2D eigenvalue weighted by Gasteiger charge is -2.38. The monoisotopic (exact) mass is 265 g/mol. The molecule has 0 radical (unpaired) electrons. The molecule has 0 saturated carbocycles. The first-order chi connectivity index (χ1) is 9.23. The number of likely N-dealkylation sites (tertiary alicyclic amines) is 2. The summed E-state index contributed by atoms with van der Waals surface area (Å²) in [4.78, 5) is 5.40. The first kappa shape index (κ1) is 13.8. The van der Waals surface area contributed by atoms with Crippen LogP contribution in [0.4, 0.5) is 0 Å². The van der Waals surface area contributed by atoms with Crippen LogP contribution in [0.25, 0.3) is 0 Å². The van der Waals surface area contributed by atoms with Gasteiger partial charge in [0, 0.05) is 18.6 Å². The van der Waals surface area contributed by atoms with E-state index in [1.54, 1.807) is 0 Å². The van der Waals surface area contributed by atoms with Gasteiger partial charge < -0.3 is 15.1 Å². The van der Waals surface area contributed by atoms with E-state index in [1.165, 1.54) is 84.3 Å². The average molecular weight is 265 g/mol. The summed E-state index contributed by atoms with van der Waals surface area (Å²) in [6.45, 7) is 11.7. The summed E-state index contributed by atoms with van der Waals surface area (Å²) in [5, 5.41) is 3.70. The van der Waals surface area contributed by atoms with Crippen molar-refractivity contribution in [2.75, 3.05) is 45.8 Å². The second kappa shape index (κ2) is 6.11. The highest BCUT2D eigenvalue weighted by Gasteiger charge is 2.32. The van der Waals surface area contributed by atoms with E-state index in [0.29, 0.717) is 5.54 Å². The van der Waals surface area contributed by atoms with Gasteiger partial charge in [-0.2, -0.15) is 0 Å². The maximum atomic E-state index is 3.70. The molecular weight excluding hydrogens is 234 g/mol. The highest BCUT2D eigenvalue weighted by molar-refractivity contribution is 4.92. The molecule has 0 aromatic rings. The van der Waals surface area contributed by atoms with Crippen LogP contribution in [-0.4, -0.2) is 61.2 Å². The normalized spacial score (nSPS) is 35.2. The third kappa shape index (κ3) is 3.71. The Morgan fingerprint density at radius 3 is 2.37 bits per heavy atom. The first-order valence-electron chi connectivity index (χ1n) is 8.43. The van der Waals surface area contributed by atoms with E-state index in [-0.39, 0.29) is 0 Å². The van der Waals surface area contributed by atoms with E-state index in [0.717, 1.165) is 5.92 Å². The Labute approximate surface area is 118 Å². The van der Waals surface area contributed by atoms with Crippen molar-refractivity contribution in [2.24, 2.45) is 5.92 Å². The molecule has 0 aliphatic carbocycles. The summed E-state index contributed by atoms with van der Waals surface area (Å²) in [6.07, 6.45) is 8.44. The molecule has 19 heavy (non-hydrogen) atoms. The average Bonchev–Trinajstić information content (AvgIpc) is 3.04. The van der Waals surface area contributed by atoms with Crippen LogP contribution in [0, 0.1) is 5.92 Å². The summed E-state index contributed by atoms with van der Waals surface area (Å²) in [7, 11) is 0. The van der Waals surface area contributed by atoms with Gasteiger partial charge in [-0.25, -0.2) is 0 Å². The minimum absolute atomic E-state index is 0.405. The molecule has 3 heterocycles. The summed E-state index contributed by atoms with van der Waals surface area (Å²) in [5.74, 6) is 0.971. The van der Waals surface area contributed by atoms with Gasteiger partial charge in [0.1, 0.15) is 0 Å². The Kier molecular flexibility index (Phi) is 4.45. The number of piperidine rings is 1. The second-order valence-corrected chi connectivity index (χ2v) is 7.32. The predicted octanol–water partition coefficient (Wildman–Crippen LogP) is 1.94. The Morgan fingerprint density at radius 2 is 1.74 bits per heavy atom. The van der Waals surface area contributed by atoms with Crippen LogP contribution in [0.3, 0.4) is 0 Å². The van der Waals surface area contributed by atoms with Crippen molar-refractivity contribution in [3.05, 3.63) is 0 Å². The molecule has 3 rings (SSSR count). The van der Waals surface area contributed by atoms with Crippen molar-refractivity contribution in [1.29, 1.82) is 0 Å². The quantitative estimate of drug-likeness (QED) is 0.838. The molecule has 3 saturated heterocycles. The van der Waals surface area contributed by atoms with Crippen molar-refractivity contribution in [2.45, 2.75) is 51.0 Å². The van der Waals surface area contributed by atoms with Crippen molar-refractivity contribution in [3.8, 4) is 0 Å². The van der Waals surface area contributed by atoms with Crippen molar-refractivity contribution in [1.82, 2.24) is 15.1 Å². The molecule has 0 spiro atoms. The molecule has 3 heteroatoms. The van der Waals surface area contributed by atoms with Crippen molar-refractivity contribution in [3.63, 3.8) is 0 Å². The van der Waals surface area contributed by atoms with Gasteiger partial charge in [-0.3, -0.25) is 0 Å². The number of nitrogens with one attached hydrogen (secondary N) is 1. The molecular formula is C16H31N3. The lowest BCUT2D eigenvalue weighted by molar-refractivity contribution is 0.127. The first-order valence-corrected chi connectivity index (χ1v) is 8.43. The van der Waals surface area contributed by atoms with Gasteiger partial charge in [-0.05, 0) is 84.1 Å². The van der Waals surface area contributed by atoms with E-state index < -0.39 is 0 Å². The van der Waals surface area contributed by atoms with E-state index in [1.807, 2.05) is 0 Å². The zero-order valence-electron chi connectivity index (χ0n) is 12.7. The lowest BCUT2D eigenvalue weighted by Crippen LogP contribution is -2.50. The van der Waals surface area contributed by atoms with Gasteiger partial charge in [0.25, 0.3) is 0 Å². The number of hydrogen-bond acceptors (Lipinski definition) is 3. The standard InChI is InChI=1S/C16H31N3/c1-16(7-4-8-17-16)14-19-11-5-15(6-12-19)13-18-9-2-3-10-18/h15,17H,2-14H2,1H3. The van der Waals surface area contributed by atoms with Crippen LogP contribution in [0.5, 0.6) is 0 Å². The predicted molar refractivity (Wildman–Crippen MR) is 80.5 cm³/mol. The molecule has 3 aliphatic heterocycles. The number of hydrogen-bond donors (Lipinski definition) is 1. The van der Waals surface area contributed by atoms with E-state index in [4.69, 9.17) is 0 Å². The number of nitrogens with zero attached hydrogens (tertiary/aromatic N) is 2. The molecule has 1 N–H and O–H groups in total. The van der Waals surface area contributed by atoms with Gasteiger partial charge in [0.05, 0.1) is 0 Å². The van der Waals surface area contributed by atoms with Crippen molar-refractivity contribution < 1.29 is 0 Å². The fourth-order valence-electron chi connectivity index (χ4n) is 4.24. The zero-order chi connectivity index (χ0) is 13.1. The molecule has 0 amide bonds. The lowest BCUT2D eigenvalue weighted by atomic mass is 9.93. The summed E-state index contributed by atoms with van der Waals surface area (Å²) < 4.78 is 0. The van der Waals surface area contributed by atoms with E-state index >= 15 is 0 Å². The van der Waals surface area contributed by atoms with Gasteiger partial charge in [0.15, 0.2) is 0 Å². The van der Waals surface area contributed by atoms with Gasteiger partial charge in [-0.1, -0.05) is 0 Å². The Hall–Kier alpha value is -0.120. The van der Waals surface area contributed by atoms with Crippen LogP contribution in [-0.2, 0) is 0 Å². The van der Waals surface area contributed by atoms with E-state index in [9.17, 15) is 0 Å². The molecule has 110 valence electrons. The zero-order valence-corrected chi connectivity index (χ0v) is 12.7. The second-order valence-electron chi connectivity index (χ2n) is 7.32. The summed E-state index contributed by atoms with van der Waals surface area (Å²) >= 11 is 0. The Morgan fingerprint density at radius 1 is 1.00 bits per heavy atom. The summed E-state index contributed by atoms with van der Waals surface area (Å²) in [5.41, 5.74) is 0.405. The topological polar surface area (TPSA) is 18.5 Å². The molecule has 0 bridgehead atoms. The fraction of sp³-hybridized carbons (Fsp3) is 1.00. The maximum Gasteiger partial charge on any atom is 0.0280 e. The van der Waals surface area contributed by atoms with Crippen LogP contribution in [0.15, 0.2) is 0 Å². The molecule has 0 aromatic heterocycles. The highest BCUT2D eigenvalue weighted by atomic mass is 15.2. The molecule has 1 atom stereocenters. The summed E-state index contributed by atoms with van der Waals surface area (Å²) in [6, 6.07) is 0. The van der Waals surface area contributed by atoms with Crippen LogP contribution >= 0.6 is 0 Å². The van der Waals surface area contributed by atoms with Crippen LogP contribution in [0.1, 0.15) is 45.4 Å². The fourth-order valence-corrected chi connectivity index (χ4v) is 4.24. The molecule has 0 aromatic carbocycles. The minimum Gasteiger partial charge on any atom is -0.310 e. The maximum absolute atomic E-state index is 3.70. The molecule has 3 aliphatic rings. The SMILES string of the molecule is CC1(CN2CCC(CN3CCCC3)CC2)CCCN1. The third-order valence-electron chi connectivity index (χ3n) is 5.45. The molecule has 3 fully saturated rings. The van der Waals surface area contributed by atoms with Gasteiger partial charge >= 0.3 is 0 Å². The molecule has 3 nitrogen and oxygen atoms in total. The van der Waals surface area contributed by atoms with Gasteiger partial charge in [-0.15, -0.1) is 0 Å². The van der Waals surface area contributed by atoms with Gasteiger partial charge in [0.2, 0.25) is 0 Å². The minimum atomic E-state index is 0.405. The third-order valence-corrected chi connectivity index (χ3v) is 5.45. The van der Waals surface area contributed by atoms with E-state index in [2.05, 4.69) is 22.0 Å². The Balaban J connectivity index is 1.39. The Bertz CT molecular complexity index is 272. The highest BCUT2D eigenvalue weighted by Crippen LogP contribution is 2.24. The number of rotatable bonds is 4. The largest absolute Gasteiger partial charge is 0.310 e. The van der Waals surface area contributed by atoms with Crippen molar-refractivity contribution >= 4 is 0 Å². The smallest absolute Gasteiger partial charge is 0.0280 e.